The van der Waals surface area contributed by atoms with E-state index < -0.39 is 0 Å². The maximum absolute atomic E-state index is 12.8. The lowest BCUT2D eigenvalue weighted by Gasteiger charge is -2.31. The van der Waals surface area contributed by atoms with Gasteiger partial charge in [-0.3, -0.25) is 9.59 Å². The molecule has 1 saturated carbocycles. The van der Waals surface area contributed by atoms with Crippen molar-refractivity contribution in [3.63, 3.8) is 0 Å². The molecular formula is C20H29N3O2S. The van der Waals surface area contributed by atoms with E-state index in [-0.39, 0.29) is 11.8 Å². The van der Waals surface area contributed by atoms with Crippen LogP contribution in [0.2, 0.25) is 0 Å². The van der Waals surface area contributed by atoms with Gasteiger partial charge in [-0.2, -0.15) is 0 Å². The molecule has 1 N–H and O–H groups in total. The minimum Gasteiger partial charge on any atom is -0.342 e. The van der Waals surface area contributed by atoms with E-state index in [1.807, 2.05) is 41.1 Å². The average Bonchev–Trinajstić information content (AvgIpc) is 2.72. The summed E-state index contributed by atoms with van der Waals surface area (Å²) in [5.41, 5.74) is 0.715. The third-order valence-corrected chi connectivity index (χ3v) is 6.45. The van der Waals surface area contributed by atoms with E-state index in [2.05, 4.69) is 5.32 Å². The number of hydrogen-bond acceptors (Lipinski definition) is 4. The topological polar surface area (TPSA) is 52.7 Å². The molecule has 2 aliphatic rings. The van der Waals surface area contributed by atoms with Gasteiger partial charge in [0.15, 0.2) is 0 Å². The number of benzene rings is 1. The predicted octanol–water partition coefficient (Wildman–Crippen LogP) is 2.62. The number of amides is 2. The van der Waals surface area contributed by atoms with Gasteiger partial charge < -0.3 is 15.1 Å². The summed E-state index contributed by atoms with van der Waals surface area (Å²) in [4.78, 5) is 30.2. The summed E-state index contributed by atoms with van der Waals surface area (Å²) in [5, 5.41) is 3.27. The first kappa shape index (κ1) is 19.2. The average molecular weight is 376 g/mol. The monoisotopic (exact) mass is 375 g/mol. The number of rotatable bonds is 5. The number of piperazine rings is 1. The largest absolute Gasteiger partial charge is 0.342 e. The second kappa shape index (κ2) is 9.42. The van der Waals surface area contributed by atoms with Crippen LogP contribution in [0.3, 0.4) is 0 Å². The summed E-state index contributed by atoms with van der Waals surface area (Å²) in [5.74, 6) is 0.618. The second-order valence-corrected chi connectivity index (χ2v) is 8.14. The van der Waals surface area contributed by atoms with Crippen LogP contribution in [0.25, 0.3) is 0 Å². The summed E-state index contributed by atoms with van der Waals surface area (Å²) in [6, 6.07) is 8.05. The molecule has 1 aromatic rings. The van der Waals surface area contributed by atoms with Crippen molar-refractivity contribution >= 4 is 23.6 Å². The molecule has 0 aromatic heterocycles. The molecule has 1 heterocycles. The van der Waals surface area contributed by atoms with Crippen molar-refractivity contribution in [1.82, 2.24) is 15.1 Å². The fraction of sp³-hybridized carbons (Fsp3) is 0.600. The lowest BCUT2D eigenvalue weighted by molar-refractivity contribution is -0.129. The van der Waals surface area contributed by atoms with Gasteiger partial charge in [-0.05, 0) is 25.0 Å². The molecule has 0 unspecified atom stereocenters. The zero-order valence-corrected chi connectivity index (χ0v) is 16.4. The fourth-order valence-corrected chi connectivity index (χ4v) is 4.69. The second-order valence-electron chi connectivity index (χ2n) is 7.12. The molecule has 0 bridgehead atoms. The number of hydrogen-bond donors (Lipinski definition) is 1. The first-order valence-electron chi connectivity index (χ1n) is 9.64. The highest BCUT2D eigenvalue weighted by molar-refractivity contribution is 8.00. The summed E-state index contributed by atoms with van der Waals surface area (Å²) in [6.07, 6.45) is 5.96. The van der Waals surface area contributed by atoms with Crippen LogP contribution >= 0.6 is 11.8 Å². The quantitative estimate of drug-likeness (QED) is 0.804. The zero-order chi connectivity index (χ0) is 18.4. The van der Waals surface area contributed by atoms with E-state index >= 15 is 0 Å². The SMILES string of the molecule is CN(C(=O)CSc1ccccc1C(=O)N1CCNCC1)C1CCCCC1. The Morgan fingerprint density at radius 1 is 1.15 bits per heavy atom. The molecule has 6 heteroatoms. The van der Waals surface area contributed by atoms with Crippen molar-refractivity contribution < 1.29 is 9.59 Å². The van der Waals surface area contributed by atoms with Gasteiger partial charge in [0, 0.05) is 44.2 Å². The summed E-state index contributed by atoms with van der Waals surface area (Å²) >= 11 is 1.49. The van der Waals surface area contributed by atoms with Crippen molar-refractivity contribution in [3.8, 4) is 0 Å². The van der Waals surface area contributed by atoms with Crippen molar-refractivity contribution in [2.24, 2.45) is 0 Å². The van der Waals surface area contributed by atoms with Crippen LogP contribution in [0.5, 0.6) is 0 Å². The lowest BCUT2D eigenvalue weighted by atomic mass is 9.94. The Bertz CT molecular complexity index is 625. The van der Waals surface area contributed by atoms with E-state index in [4.69, 9.17) is 0 Å². The van der Waals surface area contributed by atoms with Crippen molar-refractivity contribution in [1.29, 1.82) is 0 Å². The van der Waals surface area contributed by atoms with E-state index in [9.17, 15) is 9.59 Å². The molecule has 142 valence electrons. The maximum atomic E-state index is 12.8. The van der Waals surface area contributed by atoms with Gasteiger partial charge in [-0.25, -0.2) is 0 Å². The van der Waals surface area contributed by atoms with Gasteiger partial charge in [0.25, 0.3) is 5.91 Å². The number of carbonyl (C=O) groups excluding carboxylic acids is 2. The standard InChI is InChI=1S/C20H29N3O2S/c1-22(16-7-3-2-4-8-16)19(24)15-26-18-10-6-5-9-17(18)20(25)23-13-11-21-12-14-23/h5-6,9-10,16,21H,2-4,7-8,11-15H2,1H3. The molecule has 1 aliphatic carbocycles. The van der Waals surface area contributed by atoms with Gasteiger partial charge in [0.1, 0.15) is 0 Å². The van der Waals surface area contributed by atoms with Crippen LogP contribution in [0, 0.1) is 0 Å². The maximum Gasteiger partial charge on any atom is 0.255 e. The van der Waals surface area contributed by atoms with E-state index in [1.165, 1.54) is 31.0 Å². The third kappa shape index (κ3) is 4.80. The Balaban J connectivity index is 1.60. The lowest BCUT2D eigenvalue weighted by Crippen LogP contribution is -2.46. The van der Waals surface area contributed by atoms with Crippen LogP contribution < -0.4 is 5.32 Å². The van der Waals surface area contributed by atoms with Gasteiger partial charge in [0.2, 0.25) is 5.91 Å². The van der Waals surface area contributed by atoms with Gasteiger partial charge in [-0.15, -0.1) is 11.8 Å². The Morgan fingerprint density at radius 3 is 2.58 bits per heavy atom. The number of nitrogens with one attached hydrogen (secondary N) is 1. The number of nitrogens with zero attached hydrogens (tertiary/aromatic N) is 2. The Labute approximate surface area is 160 Å². The van der Waals surface area contributed by atoms with Crippen molar-refractivity contribution in [2.75, 3.05) is 39.0 Å². The molecule has 26 heavy (non-hydrogen) atoms. The summed E-state index contributed by atoms with van der Waals surface area (Å²) < 4.78 is 0. The van der Waals surface area contributed by atoms with E-state index in [0.29, 0.717) is 17.4 Å². The molecule has 0 radical (unpaired) electrons. The first-order valence-corrected chi connectivity index (χ1v) is 10.6. The molecule has 1 saturated heterocycles. The summed E-state index contributed by atoms with van der Waals surface area (Å²) in [6.45, 7) is 3.15. The van der Waals surface area contributed by atoms with Crippen molar-refractivity contribution in [3.05, 3.63) is 29.8 Å². The van der Waals surface area contributed by atoms with E-state index in [1.54, 1.807) is 0 Å². The first-order chi connectivity index (χ1) is 12.7. The van der Waals surface area contributed by atoms with Crippen molar-refractivity contribution in [2.45, 2.75) is 43.0 Å². The molecule has 2 fully saturated rings. The normalized spacial score (nSPS) is 18.6. The minimum absolute atomic E-state index is 0.0719. The molecule has 1 aliphatic heterocycles. The minimum atomic E-state index is 0.0719. The van der Waals surface area contributed by atoms with Gasteiger partial charge in [0.05, 0.1) is 11.3 Å². The molecule has 3 rings (SSSR count). The highest BCUT2D eigenvalue weighted by Gasteiger charge is 2.24. The zero-order valence-electron chi connectivity index (χ0n) is 15.6. The van der Waals surface area contributed by atoms with Crippen LogP contribution in [0.4, 0.5) is 0 Å². The highest BCUT2D eigenvalue weighted by Crippen LogP contribution is 2.26. The molecule has 1 aromatic carbocycles. The van der Waals surface area contributed by atoms with Gasteiger partial charge >= 0.3 is 0 Å². The highest BCUT2D eigenvalue weighted by atomic mass is 32.2. The van der Waals surface area contributed by atoms with E-state index in [0.717, 1.165) is 43.9 Å². The molecule has 2 amide bonds. The Morgan fingerprint density at radius 2 is 1.85 bits per heavy atom. The Kier molecular flexibility index (Phi) is 6.97. The molecule has 0 atom stereocenters. The van der Waals surface area contributed by atoms with Gasteiger partial charge in [-0.1, -0.05) is 31.4 Å². The smallest absolute Gasteiger partial charge is 0.255 e. The van der Waals surface area contributed by atoms with Crippen LogP contribution in [-0.4, -0.2) is 66.6 Å². The van der Waals surface area contributed by atoms with Crippen LogP contribution in [0.1, 0.15) is 42.5 Å². The fourth-order valence-electron chi connectivity index (χ4n) is 3.72. The number of thioether (sulfide) groups is 1. The Hall–Kier alpha value is -1.53. The molecule has 0 spiro atoms. The molecular weight excluding hydrogens is 346 g/mol. The molecule has 5 nitrogen and oxygen atoms in total. The predicted molar refractivity (Wildman–Crippen MR) is 106 cm³/mol. The third-order valence-electron chi connectivity index (χ3n) is 5.39. The van der Waals surface area contributed by atoms with Crippen LogP contribution in [-0.2, 0) is 4.79 Å². The summed E-state index contributed by atoms with van der Waals surface area (Å²) in [7, 11) is 1.93. The van der Waals surface area contributed by atoms with Crippen LogP contribution in [0.15, 0.2) is 29.2 Å². The number of carbonyl (C=O) groups is 2.